The molecule has 0 unspecified atom stereocenters. The van der Waals surface area contributed by atoms with Crippen molar-refractivity contribution >= 4 is 5.96 Å². The number of aromatic nitrogens is 1. The van der Waals surface area contributed by atoms with Gasteiger partial charge in [-0.05, 0) is 38.5 Å². The topological polar surface area (TPSA) is 65.7 Å². The van der Waals surface area contributed by atoms with E-state index in [9.17, 15) is 0 Å². The van der Waals surface area contributed by atoms with E-state index in [0.29, 0.717) is 18.5 Å². The second-order valence-corrected chi connectivity index (χ2v) is 8.04. The van der Waals surface area contributed by atoms with Crippen LogP contribution >= 0.6 is 0 Å². The highest BCUT2D eigenvalue weighted by Crippen LogP contribution is 2.22. The highest BCUT2D eigenvalue weighted by Gasteiger charge is 2.20. The van der Waals surface area contributed by atoms with Crippen LogP contribution < -0.4 is 10.6 Å². The summed E-state index contributed by atoms with van der Waals surface area (Å²) in [6.45, 7) is 16.0. The van der Waals surface area contributed by atoms with Crippen LogP contribution in [0.2, 0.25) is 0 Å². The normalized spacial score (nSPS) is 17.1. The van der Waals surface area contributed by atoms with Crippen LogP contribution in [-0.4, -0.2) is 48.2 Å². The van der Waals surface area contributed by atoms with Gasteiger partial charge in [0, 0.05) is 44.2 Å². The van der Waals surface area contributed by atoms with Crippen molar-refractivity contribution in [3.63, 3.8) is 0 Å². The maximum absolute atomic E-state index is 5.50. The Morgan fingerprint density at radius 1 is 1.26 bits per heavy atom. The predicted octanol–water partition coefficient (Wildman–Crippen LogP) is 3.75. The molecule has 0 radical (unpaired) electrons. The van der Waals surface area contributed by atoms with Crippen LogP contribution in [0.25, 0.3) is 0 Å². The van der Waals surface area contributed by atoms with Gasteiger partial charge in [-0.25, -0.2) is 4.99 Å². The van der Waals surface area contributed by atoms with Crippen molar-refractivity contribution in [3.05, 3.63) is 17.5 Å². The average molecular weight is 378 g/mol. The van der Waals surface area contributed by atoms with Gasteiger partial charge >= 0.3 is 0 Å². The van der Waals surface area contributed by atoms with Gasteiger partial charge in [0.25, 0.3) is 0 Å². The first kappa shape index (κ1) is 21.7. The van der Waals surface area contributed by atoms with Crippen molar-refractivity contribution in [1.29, 1.82) is 0 Å². The monoisotopic (exact) mass is 377 g/mol. The number of aliphatic imine (C=N–C) groups is 1. The summed E-state index contributed by atoms with van der Waals surface area (Å²) >= 11 is 0. The summed E-state index contributed by atoms with van der Waals surface area (Å²) in [4.78, 5) is 7.29. The number of likely N-dealkylation sites (tertiary alicyclic amines) is 1. The summed E-state index contributed by atoms with van der Waals surface area (Å²) in [5, 5.41) is 11.2. The number of nitrogens with zero attached hydrogens (tertiary/aromatic N) is 3. The van der Waals surface area contributed by atoms with E-state index in [1.54, 1.807) is 0 Å². The third kappa shape index (κ3) is 7.17. The molecule has 1 aromatic rings. The van der Waals surface area contributed by atoms with Gasteiger partial charge in [-0.1, -0.05) is 32.9 Å². The molecule has 1 fully saturated rings. The van der Waals surface area contributed by atoms with Crippen LogP contribution in [0.15, 0.2) is 15.6 Å². The summed E-state index contributed by atoms with van der Waals surface area (Å²) in [7, 11) is 0. The van der Waals surface area contributed by atoms with Crippen molar-refractivity contribution in [1.82, 2.24) is 20.7 Å². The van der Waals surface area contributed by atoms with Crippen molar-refractivity contribution < 1.29 is 4.52 Å². The summed E-state index contributed by atoms with van der Waals surface area (Å²) in [5.41, 5.74) is 1.06. The zero-order valence-electron chi connectivity index (χ0n) is 17.9. The van der Waals surface area contributed by atoms with Gasteiger partial charge in [-0.2, -0.15) is 0 Å². The van der Waals surface area contributed by atoms with E-state index < -0.39 is 0 Å². The fraction of sp³-hybridized carbons (Fsp3) is 0.810. The third-order valence-corrected chi connectivity index (χ3v) is 5.27. The van der Waals surface area contributed by atoms with Crippen LogP contribution in [0, 0.1) is 5.92 Å². The first-order valence-electron chi connectivity index (χ1n) is 10.8. The smallest absolute Gasteiger partial charge is 0.191 e. The molecule has 0 bridgehead atoms. The zero-order valence-corrected chi connectivity index (χ0v) is 17.9. The molecule has 1 aromatic heterocycles. The molecule has 2 rings (SSSR count). The Labute approximate surface area is 165 Å². The lowest BCUT2D eigenvalue weighted by Crippen LogP contribution is -2.49. The van der Waals surface area contributed by atoms with E-state index >= 15 is 0 Å². The zero-order chi connectivity index (χ0) is 19.6. The molecule has 0 amide bonds. The van der Waals surface area contributed by atoms with E-state index in [4.69, 9.17) is 9.52 Å². The van der Waals surface area contributed by atoms with Crippen LogP contribution in [0.1, 0.15) is 77.7 Å². The first-order valence-corrected chi connectivity index (χ1v) is 10.8. The third-order valence-electron chi connectivity index (χ3n) is 5.27. The number of piperidine rings is 1. The quantitative estimate of drug-likeness (QED) is 0.507. The Morgan fingerprint density at radius 2 is 1.96 bits per heavy atom. The highest BCUT2D eigenvalue weighted by atomic mass is 16.5. The highest BCUT2D eigenvalue weighted by molar-refractivity contribution is 5.80. The van der Waals surface area contributed by atoms with Gasteiger partial charge in [0.15, 0.2) is 11.7 Å². The van der Waals surface area contributed by atoms with E-state index in [1.807, 2.05) is 0 Å². The molecule has 1 aliphatic heterocycles. The molecular weight excluding hydrogens is 338 g/mol. The lowest BCUT2D eigenvalue weighted by atomic mass is 9.99. The van der Waals surface area contributed by atoms with Gasteiger partial charge in [-0.3, -0.25) is 0 Å². The fourth-order valence-electron chi connectivity index (χ4n) is 3.75. The molecule has 6 nitrogen and oxygen atoms in total. The van der Waals surface area contributed by atoms with Crippen LogP contribution in [-0.2, 0) is 6.54 Å². The summed E-state index contributed by atoms with van der Waals surface area (Å²) in [5.74, 6) is 2.93. The van der Waals surface area contributed by atoms with Crippen LogP contribution in [0.3, 0.4) is 0 Å². The molecule has 0 saturated carbocycles. The molecule has 1 saturated heterocycles. The lowest BCUT2D eigenvalue weighted by Gasteiger charge is -2.33. The van der Waals surface area contributed by atoms with Gasteiger partial charge < -0.3 is 20.1 Å². The summed E-state index contributed by atoms with van der Waals surface area (Å²) in [6.07, 6.45) is 4.51. The number of hydrogen-bond acceptors (Lipinski definition) is 4. The largest absolute Gasteiger partial charge is 0.359 e. The molecule has 2 N–H and O–H groups in total. The maximum Gasteiger partial charge on any atom is 0.191 e. The molecule has 0 atom stereocenters. The van der Waals surface area contributed by atoms with E-state index in [0.717, 1.165) is 68.6 Å². The van der Waals surface area contributed by atoms with Gasteiger partial charge in [0.2, 0.25) is 0 Å². The SMILES string of the molecule is CCNC(=NCc1cc(C(CC)CC)no1)NC1CCN(CC(C)C)CC1. The van der Waals surface area contributed by atoms with Crippen LogP contribution in [0.5, 0.6) is 0 Å². The molecule has 0 aromatic carbocycles. The number of guanidine groups is 1. The van der Waals surface area contributed by atoms with E-state index in [1.165, 1.54) is 6.54 Å². The molecular formula is C21H39N5O. The summed E-state index contributed by atoms with van der Waals surface area (Å²) < 4.78 is 5.50. The van der Waals surface area contributed by atoms with Crippen molar-refractivity contribution in [3.8, 4) is 0 Å². The second-order valence-electron chi connectivity index (χ2n) is 8.04. The first-order chi connectivity index (χ1) is 13.0. The summed E-state index contributed by atoms with van der Waals surface area (Å²) in [6, 6.07) is 2.55. The van der Waals surface area contributed by atoms with E-state index in [2.05, 4.69) is 61.4 Å². The predicted molar refractivity (Wildman–Crippen MR) is 112 cm³/mol. The lowest BCUT2D eigenvalue weighted by molar-refractivity contribution is 0.187. The number of nitrogens with one attached hydrogen (secondary N) is 2. The Hall–Kier alpha value is -1.56. The molecule has 0 spiro atoms. The minimum absolute atomic E-state index is 0.480. The van der Waals surface area contributed by atoms with Crippen molar-refractivity contribution in [2.45, 2.75) is 78.8 Å². The Bertz CT molecular complexity index is 557. The van der Waals surface area contributed by atoms with Crippen molar-refractivity contribution in [2.24, 2.45) is 10.9 Å². The molecule has 154 valence electrons. The molecule has 27 heavy (non-hydrogen) atoms. The maximum atomic E-state index is 5.50. The molecule has 6 heteroatoms. The van der Waals surface area contributed by atoms with Crippen molar-refractivity contribution in [2.75, 3.05) is 26.2 Å². The fourth-order valence-corrected chi connectivity index (χ4v) is 3.75. The minimum Gasteiger partial charge on any atom is -0.359 e. The molecule has 1 aliphatic rings. The molecule has 2 heterocycles. The Morgan fingerprint density at radius 3 is 2.56 bits per heavy atom. The van der Waals surface area contributed by atoms with E-state index in [-0.39, 0.29) is 0 Å². The van der Waals surface area contributed by atoms with Crippen LogP contribution in [0.4, 0.5) is 0 Å². The Kier molecular flexibility index (Phi) is 9.11. The van der Waals surface area contributed by atoms with Gasteiger partial charge in [0.1, 0.15) is 6.54 Å². The Balaban J connectivity index is 1.87. The molecule has 0 aliphatic carbocycles. The number of rotatable bonds is 9. The average Bonchev–Trinajstić information content (AvgIpc) is 3.11. The number of hydrogen-bond donors (Lipinski definition) is 2. The second kappa shape index (κ2) is 11.3. The minimum atomic E-state index is 0.480. The van der Waals surface area contributed by atoms with Gasteiger partial charge in [-0.15, -0.1) is 0 Å². The van der Waals surface area contributed by atoms with Gasteiger partial charge in [0.05, 0.1) is 5.69 Å². The standard InChI is InChI=1S/C21H39N5O/c1-6-17(7-2)20-13-19(27-25-20)14-23-21(22-8-3)24-18-9-11-26(12-10-18)15-16(4)5/h13,16-18H,6-12,14-15H2,1-5H3,(H2,22,23,24).